The van der Waals surface area contributed by atoms with Crippen LogP contribution in [0.3, 0.4) is 0 Å². The lowest BCUT2D eigenvalue weighted by molar-refractivity contribution is 0.539. The van der Waals surface area contributed by atoms with Crippen LogP contribution in [0.5, 0.6) is 0 Å². The van der Waals surface area contributed by atoms with Crippen molar-refractivity contribution < 1.29 is 8.42 Å². The highest BCUT2D eigenvalue weighted by atomic mass is 35.5. The van der Waals surface area contributed by atoms with Gasteiger partial charge in [-0.1, -0.05) is 17.7 Å². The van der Waals surface area contributed by atoms with E-state index in [0.717, 1.165) is 19.5 Å². The lowest BCUT2D eigenvalue weighted by Gasteiger charge is -2.10. The number of halogens is 2. The molecule has 1 heterocycles. The molecule has 1 aromatic carbocycles. The molecule has 2 N–H and O–H groups in total. The summed E-state index contributed by atoms with van der Waals surface area (Å²) in [5, 5.41) is 3.63. The Bertz CT molecular complexity index is 488. The molecular formula is C11H16Cl2N2O2S. The van der Waals surface area contributed by atoms with Crippen molar-refractivity contribution in [1.82, 2.24) is 10.0 Å². The zero-order valence-corrected chi connectivity index (χ0v) is 12.1. The Balaban J connectivity index is 0.00000162. The van der Waals surface area contributed by atoms with Gasteiger partial charge in [0.25, 0.3) is 0 Å². The van der Waals surface area contributed by atoms with Crippen molar-refractivity contribution in [3.63, 3.8) is 0 Å². The Labute approximate surface area is 119 Å². The van der Waals surface area contributed by atoms with Crippen molar-refractivity contribution >= 4 is 34.0 Å². The molecule has 1 saturated heterocycles. The van der Waals surface area contributed by atoms with Crippen molar-refractivity contribution in [2.24, 2.45) is 5.92 Å². The normalized spacial score (nSPS) is 19.5. The molecule has 1 aliphatic rings. The molecule has 7 heteroatoms. The van der Waals surface area contributed by atoms with Crippen molar-refractivity contribution in [3.05, 3.63) is 29.3 Å². The first kappa shape index (κ1) is 15.7. The summed E-state index contributed by atoms with van der Waals surface area (Å²) in [6.45, 7) is 2.31. The molecule has 0 bridgehead atoms. The first-order valence-electron chi connectivity index (χ1n) is 5.54. The van der Waals surface area contributed by atoms with Gasteiger partial charge >= 0.3 is 0 Å². The average Bonchev–Trinajstić information content (AvgIpc) is 2.79. The summed E-state index contributed by atoms with van der Waals surface area (Å²) >= 11 is 5.78. The molecule has 0 aliphatic carbocycles. The van der Waals surface area contributed by atoms with Gasteiger partial charge in [0.15, 0.2) is 0 Å². The average molecular weight is 311 g/mol. The van der Waals surface area contributed by atoms with Crippen molar-refractivity contribution in [2.75, 3.05) is 19.6 Å². The molecule has 0 amide bonds. The minimum absolute atomic E-state index is 0. The first-order valence-corrected chi connectivity index (χ1v) is 7.40. The lowest BCUT2D eigenvalue weighted by atomic mass is 10.1. The van der Waals surface area contributed by atoms with Gasteiger partial charge in [0.1, 0.15) is 0 Å². The van der Waals surface area contributed by atoms with Gasteiger partial charge in [-0.2, -0.15) is 0 Å². The fraction of sp³-hybridized carbons (Fsp3) is 0.455. The van der Waals surface area contributed by atoms with E-state index in [2.05, 4.69) is 10.0 Å². The maximum absolute atomic E-state index is 12.0. The van der Waals surface area contributed by atoms with Crippen LogP contribution < -0.4 is 10.0 Å². The van der Waals surface area contributed by atoms with E-state index in [1.807, 2.05) is 0 Å². The molecular weight excluding hydrogens is 295 g/mol. The molecule has 0 spiro atoms. The van der Waals surface area contributed by atoms with E-state index in [1.54, 1.807) is 18.2 Å². The number of hydrogen-bond donors (Lipinski definition) is 2. The minimum atomic E-state index is -3.43. The van der Waals surface area contributed by atoms with Crippen LogP contribution in [0, 0.1) is 5.92 Å². The van der Waals surface area contributed by atoms with Crippen LogP contribution in [0.15, 0.2) is 29.2 Å². The molecule has 4 nitrogen and oxygen atoms in total. The molecule has 1 unspecified atom stereocenters. The van der Waals surface area contributed by atoms with E-state index in [0.29, 0.717) is 17.5 Å². The van der Waals surface area contributed by atoms with Crippen LogP contribution in [-0.2, 0) is 10.0 Å². The van der Waals surface area contributed by atoms with Gasteiger partial charge in [-0.25, -0.2) is 13.1 Å². The SMILES string of the molecule is Cl.O=S(=O)(NCC1CCNC1)c1cccc(Cl)c1. The second-order valence-corrected chi connectivity index (χ2v) is 6.37. The fourth-order valence-corrected chi connectivity index (χ4v) is 3.25. The molecule has 1 fully saturated rings. The molecule has 0 saturated carbocycles. The Kier molecular flexibility index (Phi) is 5.88. The van der Waals surface area contributed by atoms with E-state index >= 15 is 0 Å². The summed E-state index contributed by atoms with van der Waals surface area (Å²) in [5.74, 6) is 0.379. The van der Waals surface area contributed by atoms with E-state index in [9.17, 15) is 8.42 Å². The monoisotopic (exact) mass is 310 g/mol. The highest BCUT2D eigenvalue weighted by Crippen LogP contribution is 2.15. The number of hydrogen-bond acceptors (Lipinski definition) is 3. The summed E-state index contributed by atoms with van der Waals surface area (Å²) in [6, 6.07) is 6.29. The van der Waals surface area contributed by atoms with Crippen molar-refractivity contribution in [3.8, 4) is 0 Å². The first-order chi connectivity index (χ1) is 8.08. The Morgan fingerprint density at radius 3 is 2.83 bits per heavy atom. The van der Waals surface area contributed by atoms with E-state index < -0.39 is 10.0 Å². The summed E-state index contributed by atoms with van der Waals surface area (Å²) in [7, 11) is -3.43. The van der Waals surface area contributed by atoms with Crippen LogP contribution >= 0.6 is 24.0 Å². The zero-order valence-electron chi connectivity index (χ0n) is 9.73. The molecule has 1 aliphatic heterocycles. The third-order valence-corrected chi connectivity index (χ3v) is 4.49. The highest BCUT2D eigenvalue weighted by Gasteiger charge is 2.19. The maximum Gasteiger partial charge on any atom is 0.240 e. The van der Waals surface area contributed by atoms with Gasteiger partial charge in [0.05, 0.1) is 4.90 Å². The maximum atomic E-state index is 12.0. The van der Waals surface area contributed by atoms with Crippen LogP contribution in [0.4, 0.5) is 0 Å². The fourth-order valence-electron chi connectivity index (χ4n) is 1.83. The summed E-state index contributed by atoms with van der Waals surface area (Å²) in [6.07, 6.45) is 1.01. The molecule has 102 valence electrons. The number of nitrogens with one attached hydrogen (secondary N) is 2. The second-order valence-electron chi connectivity index (χ2n) is 4.17. The Morgan fingerprint density at radius 2 is 2.22 bits per heavy atom. The summed E-state index contributed by atoms with van der Waals surface area (Å²) in [4.78, 5) is 0.218. The number of sulfonamides is 1. The van der Waals surface area contributed by atoms with Crippen LogP contribution in [0.25, 0.3) is 0 Å². The molecule has 18 heavy (non-hydrogen) atoms. The second kappa shape index (κ2) is 6.73. The molecule has 1 atom stereocenters. The van der Waals surface area contributed by atoms with Crippen molar-refractivity contribution in [1.29, 1.82) is 0 Å². The van der Waals surface area contributed by atoms with Crippen molar-refractivity contribution in [2.45, 2.75) is 11.3 Å². The van der Waals surface area contributed by atoms with Crippen LogP contribution in [0.1, 0.15) is 6.42 Å². The van der Waals surface area contributed by atoms with E-state index in [-0.39, 0.29) is 17.3 Å². The highest BCUT2D eigenvalue weighted by molar-refractivity contribution is 7.89. The summed E-state index contributed by atoms with van der Waals surface area (Å²) in [5.41, 5.74) is 0. The smallest absolute Gasteiger partial charge is 0.240 e. The Morgan fingerprint density at radius 1 is 1.44 bits per heavy atom. The standard InChI is InChI=1S/C11H15ClN2O2S.ClH/c12-10-2-1-3-11(6-10)17(15,16)14-8-9-4-5-13-7-9;/h1-3,6,9,13-14H,4-5,7-8H2;1H. The quantitative estimate of drug-likeness (QED) is 0.889. The van der Waals surface area contributed by atoms with Gasteiger partial charge in [0, 0.05) is 11.6 Å². The Hall–Kier alpha value is -0.330. The van der Waals surface area contributed by atoms with Gasteiger partial charge in [-0.15, -0.1) is 12.4 Å². The van der Waals surface area contributed by atoms with Gasteiger partial charge in [0.2, 0.25) is 10.0 Å². The largest absolute Gasteiger partial charge is 0.316 e. The summed E-state index contributed by atoms with van der Waals surface area (Å²) < 4.78 is 26.5. The predicted octanol–water partition coefficient (Wildman–Crippen LogP) is 1.65. The predicted molar refractivity (Wildman–Crippen MR) is 74.9 cm³/mol. The van der Waals surface area contributed by atoms with E-state index in [4.69, 9.17) is 11.6 Å². The van der Waals surface area contributed by atoms with Gasteiger partial charge in [-0.3, -0.25) is 0 Å². The third kappa shape index (κ3) is 4.10. The molecule has 2 rings (SSSR count). The van der Waals surface area contributed by atoms with Gasteiger partial charge in [-0.05, 0) is 43.6 Å². The van der Waals surface area contributed by atoms with Crippen LogP contribution in [0.2, 0.25) is 5.02 Å². The lowest BCUT2D eigenvalue weighted by Crippen LogP contribution is -2.30. The molecule has 1 aromatic rings. The molecule has 0 aromatic heterocycles. The minimum Gasteiger partial charge on any atom is -0.316 e. The van der Waals surface area contributed by atoms with E-state index in [1.165, 1.54) is 6.07 Å². The zero-order chi connectivity index (χ0) is 12.3. The van der Waals surface area contributed by atoms with Crippen LogP contribution in [-0.4, -0.2) is 28.1 Å². The number of benzene rings is 1. The topological polar surface area (TPSA) is 58.2 Å². The third-order valence-electron chi connectivity index (χ3n) is 2.83. The number of rotatable bonds is 4. The molecule has 0 radical (unpaired) electrons. The van der Waals surface area contributed by atoms with Gasteiger partial charge < -0.3 is 5.32 Å².